The molecule has 3 N–H and O–H groups in total. The van der Waals surface area contributed by atoms with Crippen molar-refractivity contribution in [3.8, 4) is 0 Å². The largest absolute Gasteiger partial charge is 0.396 e. The first-order chi connectivity index (χ1) is 7.15. The van der Waals surface area contributed by atoms with Crippen molar-refractivity contribution in [2.45, 2.75) is 31.6 Å². The number of rotatable bonds is 6. The third kappa shape index (κ3) is 4.15. The minimum Gasteiger partial charge on any atom is -0.396 e. The van der Waals surface area contributed by atoms with Crippen molar-refractivity contribution in [1.29, 1.82) is 0 Å². The van der Waals surface area contributed by atoms with Gasteiger partial charge in [-0.15, -0.1) is 11.3 Å². The molecule has 0 aliphatic rings. The van der Waals surface area contributed by atoms with Crippen LogP contribution in [0.2, 0.25) is 0 Å². The van der Waals surface area contributed by atoms with Crippen LogP contribution in [-0.2, 0) is 0 Å². The lowest BCUT2D eigenvalue weighted by molar-refractivity contribution is 0.296. The Morgan fingerprint density at radius 1 is 1.53 bits per heavy atom. The topological polar surface area (TPSA) is 46.2 Å². The SMILES string of the molecule is Cc1ccc(C(SCCCO)C(C)N)s1. The average Bonchev–Trinajstić information content (AvgIpc) is 2.59. The molecule has 1 rings (SSSR count). The molecule has 0 radical (unpaired) electrons. The first-order valence-corrected chi connectivity index (χ1v) is 7.06. The molecule has 0 spiro atoms. The van der Waals surface area contributed by atoms with Crippen molar-refractivity contribution < 1.29 is 5.11 Å². The molecule has 0 aliphatic heterocycles. The highest BCUT2D eigenvalue weighted by Gasteiger charge is 2.17. The van der Waals surface area contributed by atoms with Crippen molar-refractivity contribution in [2.75, 3.05) is 12.4 Å². The minimum absolute atomic E-state index is 0.159. The predicted octanol–water partition coefficient (Wildman–Crippen LogP) is 2.56. The highest BCUT2D eigenvalue weighted by atomic mass is 32.2. The highest BCUT2D eigenvalue weighted by Crippen LogP contribution is 2.35. The van der Waals surface area contributed by atoms with Crippen LogP contribution in [0.15, 0.2) is 12.1 Å². The van der Waals surface area contributed by atoms with Gasteiger partial charge in [-0.3, -0.25) is 0 Å². The molecule has 0 aliphatic carbocycles. The number of thiophene rings is 1. The Kier molecular flexibility index (Phi) is 5.68. The molecule has 1 heterocycles. The number of nitrogens with two attached hydrogens (primary N) is 1. The fraction of sp³-hybridized carbons (Fsp3) is 0.636. The Bertz CT molecular complexity index is 286. The van der Waals surface area contributed by atoms with Crippen LogP contribution in [0.3, 0.4) is 0 Å². The molecular weight excluding hydrogens is 226 g/mol. The van der Waals surface area contributed by atoms with E-state index in [2.05, 4.69) is 19.1 Å². The molecule has 0 bridgehead atoms. The van der Waals surface area contributed by atoms with Gasteiger partial charge in [-0.25, -0.2) is 0 Å². The maximum Gasteiger partial charge on any atom is 0.0539 e. The summed E-state index contributed by atoms with van der Waals surface area (Å²) in [7, 11) is 0. The van der Waals surface area contributed by atoms with Gasteiger partial charge in [0.1, 0.15) is 0 Å². The molecule has 0 amide bonds. The van der Waals surface area contributed by atoms with Crippen LogP contribution in [0.25, 0.3) is 0 Å². The van der Waals surface area contributed by atoms with Crippen LogP contribution < -0.4 is 5.73 Å². The molecule has 4 heteroatoms. The summed E-state index contributed by atoms with van der Waals surface area (Å²) in [5.74, 6) is 0.972. The van der Waals surface area contributed by atoms with Gasteiger partial charge in [0.05, 0.1) is 5.25 Å². The predicted molar refractivity (Wildman–Crippen MR) is 69.6 cm³/mol. The van der Waals surface area contributed by atoms with Crippen LogP contribution in [-0.4, -0.2) is 23.5 Å². The summed E-state index contributed by atoms with van der Waals surface area (Å²) in [5, 5.41) is 9.12. The van der Waals surface area contributed by atoms with Gasteiger partial charge in [-0.2, -0.15) is 11.8 Å². The van der Waals surface area contributed by atoms with Crippen molar-refractivity contribution in [3.63, 3.8) is 0 Å². The summed E-state index contributed by atoms with van der Waals surface area (Å²) < 4.78 is 0. The average molecular weight is 245 g/mol. The Morgan fingerprint density at radius 3 is 2.73 bits per heavy atom. The van der Waals surface area contributed by atoms with Gasteiger partial charge in [0.15, 0.2) is 0 Å². The number of hydrogen-bond donors (Lipinski definition) is 2. The molecule has 0 saturated carbocycles. The van der Waals surface area contributed by atoms with Gasteiger partial charge in [-0.1, -0.05) is 0 Å². The summed E-state index contributed by atoms with van der Waals surface area (Å²) in [6.07, 6.45) is 0.845. The molecule has 15 heavy (non-hydrogen) atoms. The monoisotopic (exact) mass is 245 g/mol. The van der Waals surface area contributed by atoms with E-state index in [0.29, 0.717) is 5.25 Å². The van der Waals surface area contributed by atoms with Gasteiger partial charge in [0, 0.05) is 22.4 Å². The van der Waals surface area contributed by atoms with Crippen LogP contribution in [0, 0.1) is 6.92 Å². The van der Waals surface area contributed by atoms with Gasteiger partial charge in [0.25, 0.3) is 0 Å². The van der Waals surface area contributed by atoms with E-state index in [9.17, 15) is 0 Å². The number of aliphatic hydroxyl groups excluding tert-OH is 1. The van der Waals surface area contributed by atoms with E-state index in [0.717, 1.165) is 12.2 Å². The van der Waals surface area contributed by atoms with E-state index in [1.54, 1.807) is 0 Å². The van der Waals surface area contributed by atoms with E-state index >= 15 is 0 Å². The lowest BCUT2D eigenvalue weighted by Gasteiger charge is -2.18. The number of aliphatic hydroxyl groups is 1. The zero-order valence-corrected chi connectivity index (χ0v) is 10.9. The van der Waals surface area contributed by atoms with Crippen LogP contribution in [0.4, 0.5) is 0 Å². The third-order valence-electron chi connectivity index (χ3n) is 2.12. The van der Waals surface area contributed by atoms with E-state index in [1.807, 2.05) is 30.0 Å². The first-order valence-electron chi connectivity index (χ1n) is 5.19. The zero-order chi connectivity index (χ0) is 11.3. The van der Waals surface area contributed by atoms with Gasteiger partial charge in [-0.05, 0) is 38.2 Å². The standard InChI is InChI=1S/C11H19NOS2/c1-8-4-5-10(15-8)11(9(2)12)14-7-3-6-13/h4-5,9,11,13H,3,6-7,12H2,1-2H3. The molecule has 1 aromatic heterocycles. The lowest BCUT2D eigenvalue weighted by Crippen LogP contribution is -2.22. The van der Waals surface area contributed by atoms with Crippen LogP contribution in [0.1, 0.15) is 28.3 Å². The summed E-state index contributed by atoms with van der Waals surface area (Å²) in [5.41, 5.74) is 5.98. The van der Waals surface area contributed by atoms with E-state index in [1.165, 1.54) is 9.75 Å². The van der Waals surface area contributed by atoms with E-state index in [4.69, 9.17) is 10.8 Å². The third-order valence-corrected chi connectivity index (χ3v) is 4.92. The molecule has 2 atom stereocenters. The second-order valence-corrected chi connectivity index (χ2v) is 6.25. The molecule has 1 aromatic rings. The summed E-state index contributed by atoms with van der Waals surface area (Å²) >= 11 is 3.66. The van der Waals surface area contributed by atoms with Crippen LogP contribution in [0.5, 0.6) is 0 Å². The molecule has 0 aromatic carbocycles. The van der Waals surface area contributed by atoms with Gasteiger partial charge >= 0.3 is 0 Å². The summed E-state index contributed by atoms with van der Waals surface area (Å²) in [6.45, 7) is 4.43. The first kappa shape index (κ1) is 13.0. The quantitative estimate of drug-likeness (QED) is 0.757. The maximum absolute atomic E-state index is 8.75. The molecule has 86 valence electrons. The highest BCUT2D eigenvalue weighted by molar-refractivity contribution is 7.99. The maximum atomic E-state index is 8.75. The fourth-order valence-corrected chi connectivity index (χ4v) is 3.79. The number of aryl methyl sites for hydroxylation is 1. The van der Waals surface area contributed by atoms with Crippen molar-refractivity contribution in [1.82, 2.24) is 0 Å². The number of thioether (sulfide) groups is 1. The van der Waals surface area contributed by atoms with Crippen molar-refractivity contribution in [3.05, 3.63) is 21.9 Å². The molecule has 2 unspecified atom stereocenters. The second kappa shape index (κ2) is 6.53. The molecule has 0 fully saturated rings. The zero-order valence-electron chi connectivity index (χ0n) is 9.27. The lowest BCUT2D eigenvalue weighted by atomic mass is 10.2. The summed E-state index contributed by atoms with van der Waals surface area (Å²) in [4.78, 5) is 2.68. The van der Waals surface area contributed by atoms with Crippen LogP contribution >= 0.6 is 23.1 Å². The smallest absolute Gasteiger partial charge is 0.0539 e. The van der Waals surface area contributed by atoms with Gasteiger partial charge in [0.2, 0.25) is 0 Å². The Hall–Kier alpha value is -0.0300. The summed E-state index contributed by atoms with van der Waals surface area (Å²) in [6, 6.07) is 4.47. The number of hydrogen-bond acceptors (Lipinski definition) is 4. The Morgan fingerprint density at radius 2 is 2.27 bits per heavy atom. The van der Waals surface area contributed by atoms with E-state index < -0.39 is 0 Å². The van der Waals surface area contributed by atoms with Gasteiger partial charge < -0.3 is 10.8 Å². The second-order valence-electron chi connectivity index (χ2n) is 3.68. The fourth-order valence-electron chi connectivity index (χ4n) is 1.37. The van der Waals surface area contributed by atoms with Crippen molar-refractivity contribution >= 4 is 23.1 Å². The van der Waals surface area contributed by atoms with Crippen molar-refractivity contribution in [2.24, 2.45) is 5.73 Å². The minimum atomic E-state index is 0.159. The van der Waals surface area contributed by atoms with E-state index in [-0.39, 0.29) is 12.6 Å². The molecule has 2 nitrogen and oxygen atoms in total. The Balaban J connectivity index is 2.58. The Labute approximate surface area is 99.9 Å². The molecule has 0 saturated heterocycles. The molecular formula is C11H19NOS2. The normalized spacial score (nSPS) is 15.2.